The molecule has 0 spiro atoms. The molecule has 2 N–H and O–H groups in total. The predicted octanol–water partition coefficient (Wildman–Crippen LogP) is 0.816. The standard InChI is InChI=1S/C5H6IN3/c6-5(3-8)4-9-2-1-7/h3-4H,2,8H2. The van der Waals surface area contributed by atoms with Crippen LogP contribution >= 0.6 is 22.6 Å². The van der Waals surface area contributed by atoms with Crippen LogP contribution in [0.4, 0.5) is 0 Å². The van der Waals surface area contributed by atoms with Crippen molar-refractivity contribution in [2.24, 2.45) is 10.7 Å². The van der Waals surface area contributed by atoms with Gasteiger partial charge in [0.25, 0.3) is 0 Å². The summed E-state index contributed by atoms with van der Waals surface area (Å²) in [6, 6.07) is 1.88. The van der Waals surface area contributed by atoms with Crippen LogP contribution in [0.1, 0.15) is 0 Å². The van der Waals surface area contributed by atoms with Gasteiger partial charge < -0.3 is 5.73 Å². The SMILES string of the molecule is N#CCN=CC(I)=CN. The van der Waals surface area contributed by atoms with Crippen LogP contribution in [0.2, 0.25) is 0 Å². The highest BCUT2D eigenvalue weighted by Gasteiger charge is 1.78. The first kappa shape index (κ1) is 8.43. The van der Waals surface area contributed by atoms with Crippen molar-refractivity contribution >= 4 is 28.8 Å². The number of aliphatic imine (C=N–C) groups is 1. The Morgan fingerprint density at radius 1 is 1.89 bits per heavy atom. The molecule has 0 aromatic carbocycles. The lowest BCUT2D eigenvalue weighted by Crippen LogP contribution is -1.83. The predicted molar refractivity (Wildman–Crippen MR) is 45.3 cm³/mol. The van der Waals surface area contributed by atoms with Crippen molar-refractivity contribution in [1.82, 2.24) is 0 Å². The van der Waals surface area contributed by atoms with Crippen LogP contribution in [-0.2, 0) is 0 Å². The number of halogens is 1. The maximum Gasteiger partial charge on any atom is 0.126 e. The number of allylic oxidation sites excluding steroid dienone is 1. The summed E-state index contributed by atoms with van der Waals surface area (Å²) in [6.07, 6.45) is 2.99. The summed E-state index contributed by atoms with van der Waals surface area (Å²) in [6.45, 7) is 0.195. The van der Waals surface area contributed by atoms with Gasteiger partial charge in [-0.25, -0.2) is 0 Å². The highest BCUT2D eigenvalue weighted by Crippen LogP contribution is 1.97. The maximum atomic E-state index is 8.03. The fraction of sp³-hybridized carbons (Fsp3) is 0.200. The van der Waals surface area contributed by atoms with Crippen LogP contribution in [0.15, 0.2) is 14.8 Å². The van der Waals surface area contributed by atoms with Gasteiger partial charge in [0.05, 0.1) is 6.07 Å². The molecule has 0 heterocycles. The van der Waals surface area contributed by atoms with E-state index in [1.165, 1.54) is 6.20 Å². The average Bonchev–Trinajstić information content (AvgIpc) is 1.89. The molecule has 0 aliphatic rings. The molecule has 0 saturated carbocycles. The third kappa shape index (κ3) is 5.30. The Labute approximate surface area is 67.4 Å². The number of nitrogens with zero attached hydrogens (tertiary/aromatic N) is 2. The summed E-state index contributed by atoms with van der Waals surface area (Å²) in [7, 11) is 0. The third-order valence-electron chi connectivity index (χ3n) is 0.536. The van der Waals surface area contributed by atoms with E-state index in [-0.39, 0.29) is 6.54 Å². The zero-order valence-corrected chi connectivity index (χ0v) is 6.87. The van der Waals surface area contributed by atoms with Gasteiger partial charge in [-0.1, -0.05) is 0 Å². The molecule has 3 nitrogen and oxygen atoms in total. The maximum absolute atomic E-state index is 8.03. The summed E-state index contributed by atoms with van der Waals surface area (Å²) < 4.78 is 0.836. The first-order chi connectivity index (χ1) is 4.31. The molecule has 0 fully saturated rings. The fourth-order valence-corrected chi connectivity index (χ4v) is 0.414. The van der Waals surface area contributed by atoms with Crippen LogP contribution in [-0.4, -0.2) is 12.8 Å². The van der Waals surface area contributed by atoms with Gasteiger partial charge in [0, 0.05) is 16.0 Å². The summed E-state index contributed by atoms with van der Waals surface area (Å²) in [5, 5.41) is 8.03. The first-order valence-corrected chi connectivity index (χ1v) is 3.33. The number of nitrogens with two attached hydrogens (primary N) is 1. The van der Waals surface area contributed by atoms with E-state index in [0.717, 1.165) is 3.58 Å². The quantitative estimate of drug-likeness (QED) is 0.437. The van der Waals surface area contributed by atoms with Gasteiger partial charge in [-0.2, -0.15) is 5.26 Å². The largest absolute Gasteiger partial charge is 0.404 e. The Kier molecular flexibility index (Phi) is 5.21. The molecule has 0 unspecified atom stereocenters. The highest BCUT2D eigenvalue weighted by molar-refractivity contribution is 14.1. The lowest BCUT2D eigenvalue weighted by Gasteiger charge is -1.80. The van der Waals surface area contributed by atoms with Crippen molar-refractivity contribution in [3.05, 3.63) is 9.78 Å². The molecular weight excluding hydrogens is 229 g/mol. The Balaban J connectivity index is 3.61. The molecular formula is C5H6IN3. The number of rotatable bonds is 2. The van der Waals surface area contributed by atoms with Gasteiger partial charge in [-0.15, -0.1) is 0 Å². The van der Waals surface area contributed by atoms with Crippen LogP contribution in [0.3, 0.4) is 0 Å². The van der Waals surface area contributed by atoms with Crippen molar-refractivity contribution in [2.45, 2.75) is 0 Å². The zero-order chi connectivity index (χ0) is 7.11. The van der Waals surface area contributed by atoms with Gasteiger partial charge in [0.2, 0.25) is 0 Å². The molecule has 0 aromatic rings. The Bertz CT molecular complexity index is 166. The number of hydrogen-bond acceptors (Lipinski definition) is 3. The van der Waals surface area contributed by atoms with E-state index in [9.17, 15) is 0 Å². The van der Waals surface area contributed by atoms with E-state index in [4.69, 9.17) is 11.0 Å². The minimum Gasteiger partial charge on any atom is -0.404 e. The minimum absolute atomic E-state index is 0.195. The fourth-order valence-electron chi connectivity index (χ4n) is 0.217. The minimum atomic E-state index is 0.195. The molecule has 0 saturated heterocycles. The van der Waals surface area contributed by atoms with Gasteiger partial charge in [-0.05, 0) is 22.6 Å². The normalized spacial score (nSPS) is 11.8. The molecule has 0 atom stereocenters. The van der Waals surface area contributed by atoms with Crippen molar-refractivity contribution in [3.8, 4) is 6.07 Å². The van der Waals surface area contributed by atoms with Gasteiger partial charge >= 0.3 is 0 Å². The van der Waals surface area contributed by atoms with Crippen molar-refractivity contribution in [1.29, 1.82) is 5.26 Å². The summed E-state index contributed by atoms with van der Waals surface area (Å²) in [5.74, 6) is 0. The van der Waals surface area contributed by atoms with Crippen molar-refractivity contribution < 1.29 is 0 Å². The topological polar surface area (TPSA) is 62.2 Å². The number of hydrogen-bond donors (Lipinski definition) is 1. The molecule has 0 aliphatic carbocycles. The second-order valence-corrected chi connectivity index (χ2v) is 2.43. The van der Waals surface area contributed by atoms with E-state index in [2.05, 4.69) is 4.99 Å². The van der Waals surface area contributed by atoms with E-state index < -0.39 is 0 Å². The molecule has 0 rings (SSSR count). The molecule has 48 valence electrons. The second-order valence-electron chi connectivity index (χ2n) is 1.18. The third-order valence-corrected chi connectivity index (χ3v) is 1.17. The van der Waals surface area contributed by atoms with E-state index in [0.29, 0.717) is 0 Å². The second kappa shape index (κ2) is 5.56. The van der Waals surface area contributed by atoms with Crippen LogP contribution in [0, 0.1) is 11.3 Å². The van der Waals surface area contributed by atoms with Gasteiger partial charge in [0.1, 0.15) is 6.54 Å². The van der Waals surface area contributed by atoms with Gasteiger partial charge in [0.15, 0.2) is 0 Å². The van der Waals surface area contributed by atoms with Crippen LogP contribution in [0.5, 0.6) is 0 Å². The van der Waals surface area contributed by atoms with Gasteiger partial charge in [-0.3, -0.25) is 4.99 Å². The molecule has 0 radical (unpaired) electrons. The van der Waals surface area contributed by atoms with E-state index >= 15 is 0 Å². The molecule has 9 heavy (non-hydrogen) atoms. The van der Waals surface area contributed by atoms with Crippen LogP contribution in [0.25, 0.3) is 0 Å². The lowest BCUT2D eigenvalue weighted by atomic mass is 10.6. The average molecular weight is 235 g/mol. The molecule has 0 aromatic heterocycles. The summed E-state index contributed by atoms with van der Waals surface area (Å²) in [4.78, 5) is 3.72. The van der Waals surface area contributed by atoms with Crippen molar-refractivity contribution in [2.75, 3.05) is 6.54 Å². The molecule has 0 bridgehead atoms. The smallest absolute Gasteiger partial charge is 0.126 e. The Hall–Kier alpha value is -0.570. The van der Waals surface area contributed by atoms with Crippen LogP contribution < -0.4 is 5.73 Å². The molecule has 0 aliphatic heterocycles. The molecule has 4 heteroatoms. The molecule has 0 amide bonds. The van der Waals surface area contributed by atoms with Crippen molar-refractivity contribution in [3.63, 3.8) is 0 Å². The zero-order valence-electron chi connectivity index (χ0n) is 4.71. The summed E-state index contributed by atoms with van der Waals surface area (Å²) in [5.41, 5.74) is 5.11. The highest BCUT2D eigenvalue weighted by atomic mass is 127. The first-order valence-electron chi connectivity index (χ1n) is 2.25. The number of nitriles is 1. The summed E-state index contributed by atoms with van der Waals surface area (Å²) >= 11 is 2.02. The van der Waals surface area contributed by atoms with E-state index in [1.54, 1.807) is 6.21 Å². The Morgan fingerprint density at radius 2 is 2.56 bits per heavy atom. The van der Waals surface area contributed by atoms with E-state index in [1.807, 2.05) is 28.7 Å². The Morgan fingerprint density at radius 3 is 3.00 bits per heavy atom. The monoisotopic (exact) mass is 235 g/mol. The lowest BCUT2D eigenvalue weighted by molar-refractivity contribution is 1.25.